The molecular weight excluding hydrogens is 296 g/mol. The lowest BCUT2D eigenvalue weighted by Crippen LogP contribution is -2.06. The number of ether oxygens (including phenoxy) is 2. The molecular formula is C18H22O3S. The van der Waals surface area contributed by atoms with Gasteiger partial charge >= 0.3 is 5.97 Å². The Morgan fingerprint density at radius 1 is 1.14 bits per heavy atom. The van der Waals surface area contributed by atoms with Crippen molar-refractivity contribution in [3.63, 3.8) is 0 Å². The minimum absolute atomic E-state index is 0.276. The fourth-order valence-corrected chi connectivity index (χ4v) is 2.79. The van der Waals surface area contributed by atoms with Crippen molar-refractivity contribution < 1.29 is 14.3 Å². The van der Waals surface area contributed by atoms with E-state index in [-0.39, 0.29) is 5.97 Å². The molecule has 0 aliphatic heterocycles. The van der Waals surface area contributed by atoms with Gasteiger partial charge in [-0.05, 0) is 60.2 Å². The third-order valence-corrected chi connectivity index (χ3v) is 4.08. The number of carbonyl (C=O) groups is 1. The molecule has 1 aromatic rings. The van der Waals surface area contributed by atoms with Crippen LogP contribution in [0.25, 0.3) is 0 Å². The van der Waals surface area contributed by atoms with Gasteiger partial charge in [0.1, 0.15) is 5.57 Å². The van der Waals surface area contributed by atoms with Crippen molar-refractivity contribution in [2.24, 2.45) is 0 Å². The first-order valence-electron chi connectivity index (χ1n) is 7.75. The lowest BCUT2D eigenvalue weighted by atomic mass is 10.2. The van der Waals surface area contributed by atoms with E-state index in [0.29, 0.717) is 12.2 Å². The molecule has 0 fully saturated rings. The van der Waals surface area contributed by atoms with Crippen LogP contribution in [0.15, 0.2) is 46.4 Å². The zero-order chi connectivity index (χ0) is 15.5. The van der Waals surface area contributed by atoms with E-state index < -0.39 is 0 Å². The number of hydrogen-bond acceptors (Lipinski definition) is 4. The topological polar surface area (TPSA) is 35.5 Å². The van der Waals surface area contributed by atoms with Gasteiger partial charge in [0.2, 0.25) is 0 Å². The Labute approximate surface area is 135 Å². The maximum absolute atomic E-state index is 11.5. The van der Waals surface area contributed by atoms with E-state index in [1.54, 1.807) is 29.6 Å². The number of unbranched alkanes of at least 4 members (excludes halogenated alkanes) is 3. The van der Waals surface area contributed by atoms with Crippen LogP contribution in [0.1, 0.15) is 31.2 Å². The van der Waals surface area contributed by atoms with Crippen LogP contribution in [0.4, 0.5) is 0 Å². The van der Waals surface area contributed by atoms with E-state index in [4.69, 9.17) is 9.47 Å². The molecule has 2 rings (SSSR count). The first-order chi connectivity index (χ1) is 10.9. The van der Waals surface area contributed by atoms with Gasteiger partial charge in [-0.25, -0.2) is 4.79 Å². The monoisotopic (exact) mass is 318 g/mol. The zero-order valence-electron chi connectivity index (χ0n) is 12.8. The molecule has 1 aliphatic rings. The smallest absolute Gasteiger partial charge is 0.346 e. The third-order valence-electron chi connectivity index (χ3n) is 3.35. The fourth-order valence-electron chi connectivity index (χ4n) is 2.09. The van der Waals surface area contributed by atoms with Gasteiger partial charge in [-0.1, -0.05) is 12.5 Å². The molecule has 1 aromatic heterocycles. The van der Waals surface area contributed by atoms with Crippen LogP contribution in [0.2, 0.25) is 0 Å². The van der Waals surface area contributed by atoms with Gasteiger partial charge in [-0.2, -0.15) is 11.3 Å². The molecule has 1 aliphatic carbocycles. The van der Waals surface area contributed by atoms with Crippen LogP contribution >= 0.6 is 11.3 Å². The van der Waals surface area contributed by atoms with Gasteiger partial charge in [0, 0.05) is 6.61 Å². The van der Waals surface area contributed by atoms with Crippen LogP contribution in [-0.2, 0) is 20.7 Å². The van der Waals surface area contributed by atoms with Crippen molar-refractivity contribution in [2.75, 3.05) is 19.8 Å². The summed E-state index contributed by atoms with van der Waals surface area (Å²) in [6, 6.07) is 2.14. The summed E-state index contributed by atoms with van der Waals surface area (Å²) >= 11 is 1.73. The van der Waals surface area contributed by atoms with E-state index in [1.165, 1.54) is 5.56 Å². The first-order valence-corrected chi connectivity index (χ1v) is 8.70. The van der Waals surface area contributed by atoms with Gasteiger partial charge in [0.25, 0.3) is 0 Å². The highest BCUT2D eigenvalue weighted by Gasteiger charge is 2.08. The van der Waals surface area contributed by atoms with Crippen LogP contribution in [0.5, 0.6) is 0 Å². The molecule has 0 saturated heterocycles. The van der Waals surface area contributed by atoms with E-state index in [1.807, 2.05) is 0 Å². The Balaban J connectivity index is 1.36. The Hall–Kier alpha value is -1.61. The normalized spacial score (nSPS) is 12.6. The summed E-state index contributed by atoms with van der Waals surface area (Å²) in [4.78, 5) is 11.5. The fraction of sp³-hybridized carbons (Fsp3) is 0.444. The lowest BCUT2D eigenvalue weighted by Gasteiger charge is -2.05. The average Bonchev–Trinajstić information content (AvgIpc) is 3.22. The predicted octanol–water partition coefficient (Wildman–Crippen LogP) is 4.06. The SMILES string of the molecule is O=C(OCCCCCCOCCc1ccsc1)C1=C=CC=C1. The summed E-state index contributed by atoms with van der Waals surface area (Å²) in [5, 5.41) is 4.26. The highest BCUT2D eigenvalue weighted by atomic mass is 32.1. The van der Waals surface area contributed by atoms with Crippen molar-refractivity contribution in [1.29, 1.82) is 0 Å². The number of carbonyl (C=O) groups excluding carboxylic acids is 1. The summed E-state index contributed by atoms with van der Waals surface area (Å²) in [6.45, 7) is 2.09. The van der Waals surface area contributed by atoms with Crippen molar-refractivity contribution in [3.8, 4) is 0 Å². The maximum atomic E-state index is 11.5. The Kier molecular flexibility index (Phi) is 7.75. The Bertz CT molecular complexity index is 537. The molecule has 0 aromatic carbocycles. The summed E-state index contributed by atoms with van der Waals surface area (Å²) in [7, 11) is 0. The molecule has 0 radical (unpaired) electrons. The molecule has 0 amide bonds. The van der Waals surface area contributed by atoms with E-state index in [0.717, 1.165) is 45.3 Å². The van der Waals surface area contributed by atoms with Crippen LogP contribution in [0.3, 0.4) is 0 Å². The Morgan fingerprint density at radius 3 is 2.73 bits per heavy atom. The molecule has 0 atom stereocenters. The molecule has 1 heterocycles. The second-order valence-electron chi connectivity index (χ2n) is 5.13. The quantitative estimate of drug-likeness (QED) is 0.351. The lowest BCUT2D eigenvalue weighted by molar-refractivity contribution is -0.138. The van der Waals surface area contributed by atoms with E-state index in [2.05, 4.69) is 22.6 Å². The Morgan fingerprint density at radius 2 is 2.00 bits per heavy atom. The van der Waals surface area contributed by atoms with Crippen LogP contribution in [0, 0.1) is 0 Å². The van der Waals surface area contributed by atoms with Crippen molar-refractivity contribution in [1.82, 2.24) is 0 Å². The summed E-state index contributed by atoms with van der Waals surface area (Å²) < 4.78 is 10.8. The highest BCUT2D eigenvalue weighted by molar-refractivity contribution is 7.07. The third kappa shape index (κ3) is 6.44. The number of thiophene rings is 1. The van der Waals surface area contributed by atoms with Gasteiger partial charge in [0.05, 0.1) is 13.2 Å². The van der Waals surface area contributed by atoms with Crippen molar-refractivity contribution in [2.45, 2.75) is 32.1 Å². The maximum Gasteiger partial charge on any atom is 0.346 e. The van der Waals surface area contributed by atoms with E-state index in [9.17, 15) is 4.79 Å². The van der Waals surface area contributed by atoms with Crippen LogP contribution < -0.4 is 0 Å². The summed E-state index contributed by atoms with van der Waals surface area (Å²) in [5.41, 5.74) is 4.71. The molecule has 0 unspecified atom stereocenters. The molecule has 0 N–H and O–H groups in total. The van der Waals surface area contributed by atoms with E-state index >= 15 is 0 Å². The predicted molar refractivity (Wildman–Crippen MR) is 89.0 cm³/mol. The van der Waals surface area contributed by atoms with Crippen molar-refractivity contribution >= 4 is 17.3 Å². The molecule has 22 heavy (non-hydrogen) atoms. The molecule has 118 valence electrons. The van der Waals surface area contributed by atoms with Crippen molar-refractivity contribution in [3.05, 3.63) is 51.9 Å². The van der Waals surface area contributed by atoms with Gasteiger partial charge in [-0.3, -0.25) is 0 Å². The molecule has 0 spiro atoms. The van der Waals surface area contributed by atoms with Gasteiger partial charge in [-0.15, -0.1) is 5.73 Å². The molecule has 0 saturated carbocycles. The number of hydrogen-bond donors (Lipinski definition) is 0. The summed E-state index contributed by atoms with van der Waals surface area (Å²) in [5.74, 6) is -0.276. The number of allylic oxidation sites excluding steroid dienone is 1. The molecule has 4 heteroatoms. The zero-order valence-corrected chi connectivity index (χ0v) is 13.6. The second-order valence-corrected chi connectivity index (χ2v) is 5.91. The molecule has 3 nitrogen and oxygen atoms in total. The first kappa shape index (κ1) is 16.8. The van der Waals surface area contributed by atoms with Gasteiger partial charge in [0.15, 0.2) is 0 Å². The number of esters is 1. The summed E-state index contributed by atoms with van der Waals surface area (Å²) in [6.07, 6.45) is 10.4. The average molecular weight is 318 g/mol. The highest BCUT2D eigenvalue weighted by Crippen LogP contribution is 2.08. The largest absolute Gasteiger partial charge is 0.462 e. The second kappa shape index (κ2) is 10.2. The standard InChI is InChI=1S/C18H22O3S/c19-18(17-7-3-4-8-17)21-12-6-2-1-5-11-20-13-9-16-10-14-22-15-16/h3-4,7,10,14-15H,1-2,5-6,9,11-13H2. The minimum atomic E-state index is -0.276. The van der Waals surface area contributed by atoms with Crippen LogP contribution in [-0.4, -0.2) is 25.8 Å². The number of rotatable bonds is 11. The van der Waals surface area contributed by atoms with Gasteiger partial charge < -0.3 is 9.47 Å². The molecule has 0 bridgehead atoms. The minimum Gasteiger partial charge on any atom is -0.462 e.